The molecule has 1 atom stereocenters. The number of methoxy groups -OCH3 is 1. The summed E-state index contributed by atoms with van der Waals surface area (Å²) < 4.78 is 5.39. The number of hydrogen-bond donors (Lipinski definition) is 1. The minimum atomic E-state index is -0.352. The van der Waals surface area contributed by atoms with Crippen LogP contribution < -0.4 is 76.7 Å². The van der Waals surface area contributed by atoms with Gasteiger partial charge in [0.1, 0.15) is 14.1 Å². The maximum absolute atomic E-state index is 12.0. The number of nitrogens with one attached hydrogen (secondary N) is 1. The Kier molecular flexibility index (Phi) is 10.9. The van der Waals surface area contributed by atoms with Crippen molar-refractivity contribution in [1.82, 2.24) is 9.97 Å². The van der Waals surface area contributed by atoms with Crippen LogP contribution >= 0.6 is 0 Å². The van der Waals surface area contributed by atoms with Gasteiger partial charge in [0, 0.05) is 26.4 Å². The quantitative estimate of drug-likeness (QED) is 0.253. The number of benzene rings is 2. The van der Waals surface area contributed by atoms with Crippen LogP contribution in [0.5, 0.6) is 5.75 Å². The van der Waals surface area contributed by atoms with Gasteiger partial charge in [0.25, 0.3) is 0 Å². The topological polar surface area (TPSA) is 70.6 Å². The largest absolute Gasteiger partial charge is 1.00 e. The molecule has 0 bridgehead atoms. The standard InChI is InChI=1S/C24H27BN5O2.K/c1-5-19(16-31)30(15-17-10-12-18(25)13-11-17)23-21(29(2)3)14-26-24(28-23)27-20-8-6-7-9-22(20)32-4;/h6,8-14,16,19H,5,15H2,1-4H3,(H,26,27,28);/q-1;+1. The van der Waals surface area contributed by atoms with Crippen molar-refractivity contribution in [3.63, 3.8) is 0 Å². The molecule has 1 unspecified atom stereocenters. The first-order chi connectivity index (χ1) is 15.5. The Morgan fingerprint density at radius 2 is 1.97 bits per heavy atom. The number of carbonyl (C=O) groups is 1. The molecule has 0 amide bonds. The number of aldehydes is 1. The maximum Gasteiger partial charge on any atom is 1.00 e. The molecule has 0 aliphatic heterocycles. The van der Waals surface area contributed by atoms with Crippen LogP contribution in [0.2, 0.25) is 0 Å². The smallest absolute Gasteiger partial charge is 0.552 e. The molecule has 1 N–H and O–H groups in total. The van der Waals surface area contributed by atoms with E-state index in [1.807, 2.05) is 61.2 Å². The molecule has 1 heterocycles. The van der Waals surface area contributed by atoms with Crippen LogP contribution in [0.4, 0.5) is 23.1 Å². The minimum Gasteiger partial charge on any atom is -0.552 e. The van der Waals surface area contributed by atoms with E-state index in [4.69, 9.17) is 17.6 Å². The molecule has 33 heavy (non-hydrogen) atoms. The molecule has 3 rings (SSSR count). The summed E-state index contributed by atoms with van der Waals surface area (Å²) in [6.45, 7) is 2.48. The number of ether oxygens (including phenoxy) is 1. The Bertz CT molecular complexity index is 1050. The number of nitrogens with zero attached hydrogens (tertiary/aromatic N) is 4. The molecular weight excluding hydrogens is 440 g/mol. The van der Waals surface area contributed by atoms with Crippen molar-refractivity contribution in [2.75, 3.05) is 36.3 Å². The van der Waals surface area contributed by atoms with Crippen molar-refractivity contribution in [3.8, 4) is 5.75 Å². The van der Waals surface area contributed by atoms with Crippen LogP contribution in [0, 0.1) is 6.07 Å². The third kappa shape index (κ3) is 7.04. The monoisotopic (exact) mass is 467 g/mol. The van der Waals surface area contributed by atoms with E-state index in [-0.39, 0.29) is 57.4 Å². The molecule has 0 fully saturated rings. The van der Waals surface area contributed by atoms with Gasteiger partial charge in [-0.15, -0.1) is 12.1 Å². The van der Waals surface area contributed by atoms with Gasteiger partial charge in [0.05, 0.1) is 25.0 Å². The molecule has 9 heteroatoms. The van der Waals surface area contributed by atoms with Gasteiger partial charge in [-0.1, -0.05) is 36.7 Å². The van der Waals surface area contributed by atoms with Gasteiger partial charge in [-0.3, -0.25) is 0 Å². The first-order valence-electron chi connectivity index (χ1n) is 10.4. The molecular formula is C24H27BKN5O2. The van der Waals surface area contributed by atoms with E-state index in [1.165, 1.54) is 0 Å². The predicted octanol–water partition coefficient (Wildman–Crippen LogP) is -0.123. The molecule has 1 aromatic heterocycles. The molecule has 0 aliphatic carbocycles. The van der Waals surface area contributed by atoms with Crippen LogP contribution in [-0.4, -0.2) is 51.3 Å². The summed E-state index contributed by atoms with van der Waals surface area (Å²) in [6.07, 6.45) is 3.35. The Morgan fingerprint density at radius 1 is 1.24 bits per heavy atom. The molecule has 0 spiro atoms. The summed E-state index contributed by atoms with van der Waals surface area (Å²) in [5.41, 5.74) is 3.25. The average Bonchev–Trinajstić information content (AvgIpc) is 2.80. The molecule has 7 nitrogen and oxygen atoms in total. The summed E-state index contributed by atoms with van der Waals surface area (Å²) in [6, 6.07) is 15.6. The Morgan fingerprint density at radius 3 is 2.58 bits per heavy atom. The minimum absolute atomic E-state index is 0. The summed E-state index contributed by atoms with van der Waals surface area (Å²) >= 11 is 0. The van der Waals surface area contributed by atoms with Crippen LogP contribution in [0.3, 0.4) is 0 Å². The zero-order valence-corrected chi connectivity index (χ0v) is 23.0. The van der Waals surface area contributed by atoms with Crippen LogP contribution in [0.15, 0.2) is 48.7 Å². The molecule has 2 radical (unpaired) electrons. The predicted molar refractivity (Wildman–Crippen MR) is 130 cm³/mol. The second kappa shape index (κ2) is 13.1. The first-order valence-corrected chi connectivity index (χ1v) is 10.4. The van der Waals surface area contributed by atoms with E-state index < -0.39 is 0 Å². The summed E-state index contributed by atoms with van der Waals surface area (Å²) in [4.78, 5) is 25.2. The van der Waals surface area contributed by atoms with E-state index in [0.717, 1.165) is 23.2 Å². The van der Waals surface area contributed by atoms with E-state index in [2.05, 4.69) is 16.4 Å². The van der Waals surface area contributed by atoms with Crippen LogP contribution in [0.25, 0.3) is 0 Å². The zero-order chi connectivity index (χ0) is 23.1. The van der Waals surface area contributed by atoms with Gasteiger partial charge in [0.2, 0.25) is 5.95 Å². The van der Waals surface area contributed by atoms with Gasteiger partial charge in [-0.05, 0) is 17.7 Å². The fourth-order valence-corrected chi connectivity index (χ4v) is 3.32. The van der Waals surface area contributed by atoms with Crippen molar-refractivity contribution in [2.45, 2.75) is 25.9 Å². The average molecular weight is 467 g/mol. The fraction of sp³-hybridized carbons (Fsp3) is 0.292. The number of carbonyl (C=O) groups excluding carboxylic acids is 1. The van der Waals surface area contributed by atoms with E-state index >= 15 is 0 Å². The third-order valence-electron chi connectivity index (χ3n) is 5.10. The first kappa shape index (κ1) is 27.3. The second-order valence-electron chi connectivity index (χ2n) is 7.53. The number of anilines is 4. The van der Waals surface area contributed by atoms with E-state index in [1.54, 1.807) is 25.4 Å². The van der Waals surface area contributed by atoms with Crippen molar-refractivity contribution >= 4 is 42.7 Å². The SMILES string of the molecule is [B]c1ccc(CN(c2nc(Nc3cc[c-]cc3OC)ncc2N(C)C)C(C=O)CC)cc1.[K+]. The van der Waals surface area contributed by atoms with Crippen molar-refractivity contribution in [1.29, 1.82) is 0 Å². The normalized spacial score (nSPS) is 11.2. The second-order valence-corrected chi connectivity index (χ2v) is 7.53. The molecule has 0 aliphatic rings. The fourth-order valence-electron chi connectivity index (χ4n) is 3.32. The van der Waals surface area contributed by atoms with Gasteiger partial charge in [-0.2, -0.15) is 17.1 Å². The van der Waals surface area contributed by atoms with E-state index in [0.29, 0.717) is 35.9 Å². The van der Waals surface area contributed by atoms with Crippen LogP contribution in [-0.2, 0) is 11.3 Å². The number of rotatable bonds is 10. The molecule has 2 aromatic carbocycles. The number of hydrogen-bond acceptors (Lipinski definition) is 7. The van der Waals surface area contributed by atoms with Gasteiger partial charge < -0.3 is 24.6 Å². The van der Waals surface area contributed by atoms with Gasteiger partial charge in [0.15, 0.2) is 5.82 Å². The van der Waals surface area contributed by atoms with Crippen molar-refractivity contribution in [3.05, 3.63) is 60.3 Å². The third-order valence-corrected chi connectivity index (χ3v) is 5.10. The molecule has 164 valence electrons. The number of aromatic nitrogens is 2. The Balaban J connectivity index is 0.00000385. The molecule has 0 saturated carbocycles. The van der Waals surface area contributed by atoms with Gasteiger partial charge in [-0.25, -0.2) is 4.98 Å². The van der Waals surface area contributed by atoms with Crippen molar-refractivity contribution in [2.24, 2.45) is 0 Å². The Hall–Kier alpha value is -1.91. The summed E-state index contributed by atoms with van der Waals surface area (Å²) in [5.74, 6) is 1.69. The van der Waals surface area contributed by atoms with Gasteiger partial charge >= 0.3 is 51.4 Å². The van der Waals surface area contributed by atoms with Crippen molar-refractivity contribution < 1.29 is 60.9 Å². The summed E-state index contributed by atoms with van der Waals surface area (Å²) in [7, 11) is 11.3. The summed E-state index contributed by atoms with van der Waals surface area (Å²) in [5, 5.41) is 3.21. The van der Waals surface area contributed by atoms with E-state index in [9.17, 15) is 4.79 Å². The Labute approximate surface area is 239 Å². The molecule has 3 aromatic rings. The van der Waals surface area contributed by atoms with Crippen LogP contribution in [0.1, 0.15) is 18.9 Å². The zero-order valence-electron chi connectivity index (χ0n) is 19.9. The molecule has 0 saturated heterocycles. The maximum atomic E-state index is 12.0.